The molecule has 0 saturated heterocycles. The number of fused-ring (bicyclic) bond motifs is 1. The number of carbonyl (C=O) groups is 1. The second-order valence-corrected chi connectivity index (χ2v) is 5.52. The molecule has 3 rings (SSSR count). The van der Waals surface area contributed by atoms with Crippen LogP contribution in [0.2, 0.25) is 0 Å². The fourth-order valence-corrected chi connectivity index (χ4v) is 2.83. The quantitative estimate of drug-likeness (QED) is 0.575. The minimum atomic E-state index is -0.230. The van der Waals surface area contributed by atoms with E-state index in [2.05, 4.69) is 10.5 Å². The molecule has 1 heterocycles. The number of nitrogens with one attached hydrogen (secondary N) is 1. The summed E-state index contributed by atoms with van der Waals surface area (Å²) in [6.45, 7) is 0. The van der Waals surface area contributed by atoms with Gasteiger partial charge in [0.05, 0.1) is 11.1 Å². The summed E-state index contributed by atoms with van der Waals surface area (Å²) in [5, 5.41) is 14.1. The molecule has 21 heavy (non-hydrogen) atoms. The molecular weight excluding hydrogens is 284 g/mol. The number of thiophene rings is 1. The molecule has 0 atom stereocenters. The summed E-state index contributed by atoms with van der Waals surface area (Å²) in [4.78, 5) is 12.6. The third-order valence-electron chi connectivity index (χ3n) is 2.92. The lowest BCUT2D eigenvalue weighted by atomic mass is 10.2. The Balaban J connectivity index is 1.70. The van der Waals surface area contributed by atoms with Crippen LogP contribution in [0.3, 0.4) is 0 Å². The number of rotatable bonds is 3. The minimum absolute atomic E-state index is 0.196. The first-order chi connectivity index (χ1) is 10.2. The van der Waals surface area contributed by atoms with Crippen molar-refractivity contribution in [2.75, 3.05) is 0 Å². The Morgan fingerprint density at radius 2 is 1.90 bits per heavy atom. The molecule has 0 unspecified atom stereocenters. The number of hydrogen-bond donors (Lipinski definition) is 2. The maximum absolute atomic E-state index is 12.0. The van der Waals surface area contributed by atoms with Gasteiger partial charge < -0.3 is 5.11 Å². The number of carbonyl (C=O) groups excluding carboxylic acids is 1. The lowest BCUT2D eigenvalue weighted by molar-refractivity contribution is 0.0959. The molecule has 2 aromatic carbocycles. The van der Waals surface area contributed by atoms with Crippen LogP contribution in [-0.4, -0.2) is 17.2 Å². The average molecular weight is 296 g/mol. The van der Waals surface area contributed by atoms with Crippen LogP contribution >= 0.6 is 11.3 Å². The molecular formula is C16H12N2O2S. The van der Waals surface area contributed by atoms with Crippen LogP contribution in [0.15, 0.2) is 59.7 Å². The van der Waals surface area contributed by atoms with Gasteiger partial charge in [-0.25, -0.2) is 5.43 Å². The fraction of sp³-hybridized carbons (Fsp3) is 0. The Hall–Kier alpha value is -2.66. The molecule has 0 spiro atoms. The van der Waals surface area contributed by atoms with Crippen molar-refractivity contribution in [2.24, 2.45) is 5.10 Å². The van der Waals surface area contributed by atoms with E-state index >= 15 is 0 Å². The van der Waals surface area contributed by atoms with Gasteiger partial charge in [0, 0.05) is 4.70 Å². The fourth-order valence-electron chi connectivity index (χ4n) is 1.87. The number of amides is 1. The number of hydrazone groups is 1. The van der Waals surface area contributed by atoms with Crippen molar-refractivity contribution in [1.82, 2.24) is 5.43 Å². The molecule has 0 aliphatic rings. The molecule has 104 valence electrons. The Bertz CT molecular complexity index is 774. The van der Waals surface area contributed by atoms with E-state index in [0.29, 0.717) is 4.88 Å². The van der Waals surface area contributed by atoms with Gasteiger partial charge >= 0.3 is 0 Å². The van der Waals surface area contributed by atoms with Gasteiger partial charge in [0.1, 0.15) is 5.75 Å². The zero-order chi connectivity index (χ0) is 14.7. The molecule has 2 N–H and O–H groups in total. The van der Waals surface area contributed by atoms with E-state index in [1.54, 1.807) is 24.3 Å². The molecule has 0 radical (unpaired) electrons. The minimum Gasteiger partial charge on any atom is -0.508 e. The van der Waals surface area contributed by atoms with Crippen molar-refractivity contribution in [2.45, 2.75) is 0 Å². The molecule has 4 nitrogen and oxygen atoms in total. The van der Waals surface area contributed by atoms with Gasteiger partial charge in [-0.05, 0) is 47.3 Å². The molecule has 0 aliphatic heterocycles. The van der Waals surface area contributed by atoms with E-state index in [9.17, 15) is 9.90 Å². The van der Waals surface area contributed by atoms with E-state index in [-0.39, 0.29) is 11.7 Å². The predicted octanol–water partition coefficient (Wildman–Crippen LogP) is 3.37. The van der Waals surface area contributed by atoms with E-state index < -0.39 is 0 Å². The Labute approximate surface area is 125 Å². The van der Waals surface area contributed by atoms with Crippen LogP contribution < -0.4 is 5.43 Å². The summed E-state index contributed by atoms with van der Waals surface area (Å²) >= 11 is 1.43. The predicted molar refractivity (Wildman–Crippen MR) is 85.0 cm³/mol. The van der Waals surface area contributed by atoms with E-state index in [1.807, 2.05) is 30.3 Å². The number of phenols is 1. The van der Waals surface area contributed by atoms with Crippen molar-refractivity contribution in [3.05, 3.63) is 65.0 Å². The maximum atomic E-state index is 12.0. The first kappa shape index (κ1) is 13.3. The van der Waals surface area contributed by atoms with Crippen LogP contribution in [0.1, 0.15) is 15.2 Å². The summed E-state index contributed by atoms with van der Waals surface area (Å²) in [7, 11) is 0. The normalized spacial score (nSPS) is 11.0. The number of benzene rings is 2. The molecule has 1 aromatic heterocycles. The third-order valence-corrected chi connectivity index (χ3v) is 4.04. The van der Waals surface area contributed by atoms with E-state index in [4.69, 9.17) is 0 Å². The van der Waals surface area contributed by atoms with Crippen molar-refractivity contribution in [1.29, 1.82) is 0 Å². The highest BCUT2D eigenvalue weighted by atomic mass is 32.1. The van der Waals surface area contributed by atoms with Crippen LogP contribution in [0.4, 0.5) is 0 Å². The second-order valence-electron chi connectivity index (χ2n) is 4.44. The van der Waals surface area contributed by atoms with Crippen LogP contribution in [-0.2, 0) is 0 Å². The number of nitrogens with zero attached hydrogens (tertiary/aromatic N) is 1. The summed E-state index contributed by atoms with van der Waals surface area (Å²) in [6, 6.07) is 16.3. The monoisotopic (exact) mass is 296 g/mol. The van der Waals surface area contributed by atoms with Gasteiger partial charge in [-0.3, -0.25) is 4.79 Å². The van der Waals surface area contributed by atoms with Crippen molar-refractivity contribution in [3.63, 3.8) is 0 Å². The van der Waals surface area contributed by atoms with Gasteiger partial charge in [-0.1, -0.05) is 18.2 Å². The van der Waals surface area contributed by atoms with Crippen LogP contribution in [0.5, 0.6) is 5.75 Å². The molecule has 0 saturated carbocycles. The van der Waals surface area contributed by atoms with Crippen molar-refractivity contribution in [3.8, 4) is 5.75 Å². The molecule has 5 heteroatoms. The van der Waals surface area contributed by atoms with Crippen LogP contribution in [0, 0.1) is 0 Å². The number of hydrogen-bond acceptors (Lipinski definition) is 4. The first-order valence-electron chi connectivity index (χ1n) is 6.33. The summed E-state index contributed by atoms with van der Waals surface area (Å²) < 4.78 is 1.07. The molecule has 0 bridgehead atoms. The van der Waals surface area contributed by atoms with Crippen molar-refractivity contribution < 1.29 is 9.90 Å². The van der Waals surface area contributed by atoms with Crippen molar-refractivity contribution >= 4 is 33.5 Å². The standard InChI is InChI=1S/C16H12N2O2S/c19-13-7-5-11(6-8-13)10-17-18-16(20)15-9-12-3-1-2-4-14(12)21-15/h1-10,19H,(H,18,20). The molecule has 3 aromatic rings. The van der Waals surface area contributed by atoms with Gasteiger partial charge in [-0.2, -0.15) is 5.10 Å². The summed E-state index contributed by atoms with van der Waals surface area (Å²) in [5.41, 5.74) is 3.30. The Morgan fingerprint density at radius 3 is 2.67 bits per heavy atom. The van der Waals surface area contributed by atoms with Gasteiger partial charge in [-0.15, -0.1) is 11.3 Å². The lowest BCUT2D eigenvalue weighted by Crippen LogP contribution is -2.16. The third kappa shape index (κ3) is 3.09. The largest absolute Gasteiger partial charge is 0.508 e. The number of phenolic OH excluding ortho intramolecular Hbond substituents is 1. The first-order valence-corrected chi connectivity index (χ1v) is 7.15. The highest BCUT2D eigenvalue weighted by Crippen LogP contribution is 2.24. The molecule has 1 amide bonds. The van der Waals surface area contributed by atoms with Crippen LogP contribution in [0.25, 0.3) is 10.1 Å². The molecule has 0 fully saturated rings. The summed E-state index contributed by atoms with van der Waals surface area (Å²) in [6.07, 6.45) is 1.53. The average Bonchev–Trinajstić information content (AvgIpc) is 2.93. The van der Waals surface area contributed by atoms with Gasteiger partial charge in [0.15, 0.2) is 0 Å². The highest BCUT2D eigenvalue weighted by molar-refractivity contribution is 7.20. The number of aromatic hydroxyl groups is 1. The summed E-state index contributed by atoms with van der Waals surface area (Å²) in [5.74, 6) is -0.0345. The van der Waals surface area contributed by atoms with Gasteiger partial charge in [0.2, 0.25) is 0 Å². The SMILES string of the molecule is O=C(NN=Cc1ccc(O)cc1)c1cc2ccccc2s1. The topological polar surface area (TPSA) is 61.7 Å². The Kier molecular flexibility index (Phi) is 3.66. The smallest absolute Gasteiger partial charge is 0.281 e. The zero-order valence-corrected chi connectivity index (χ0v) is 11.8. The second kappa shape index (κ2) is 5.76. The van der Waals surface area contributed by atoms with Gasteiger partial charge in [0.25, 0.3) is 5.91 Å². The van der Waals surface area contributed by atoms with E-state index in [1.165, 1.54) is 17.6 Å². The maximum Gasteiger partial charge on any atom is 0.281 e. The Morgan fingerprint density at radius 1 is 1.14 bits per heavy atom. The van der Waals surface area contributed by atoms with E-state index in [0.717, 1.165) is 15.6 Å². The highest BCUT2D eigenvalue weighted by Gasteiger charge is 2.08. The zero-order valence-electron chi connectivity index (χ0n) is 11.0. The lowest BCUT2D eigenvalue weighted by Gasteiger charge is -1.96. The molecule has 0 aliphatic carbocycles.